The molecule has 2 N–H and O–H groups in total. The molecule has 0 spiro atoms. The van der Waals surface area contributed by atoms with Gasteiger partial charge in [0.2, 0.25) is 5.43 Å². The largest absolute Gasteiger partial charge is 0.463 e. The van der Waals surface area contributed by atoms with Crippen molar-refractivity contribution in [2.75, 3.05) is 5.32 Å². The van der Waals surface area contributed by atoms with Crippen LogP contribution in [0.25, 0.3) is 11.0 Å². The van der Waals surface area contributed by atoms with Crippen LogP contribution in [-0.4, -0.2) is 18.0 Å². The summed E-state index contributed by atoms with van der Waals surface area (Å²) in [6.45, 7) is 0. The van der Waals surface area contributed by atoms with Gasteiger partial charge in [0.25, 0.3) is 0 Å². The molecule has 0 unspecified atom stereocenters. The first-order valence-electron chi connectivity index (χ1n) is 7.55. The Labute approximate surface area is 162 Å². The van der Waals surface area contributed by atoms with Crippen molar-refractivity contribution in [3.63, 3.8) is 0 Å². The van der Waals surface area contributed by atoms with E-state index in [9.17, 15) is 14.4 Å². The molecule has 1 aromatic heterocycles. The molecule has 0 fully saturated rings. The molecule has 0 radical (unpaired) electrons. The molecular weight excluding hydrogens is 393 g/mol. The van der Waals surface area contributed by atoms with E-state index in [1.807, 2.05) is 5.43 Å². The lowest BCUT2D eigenvalue weighted by Gasteiger charge is -2.03. The molecule has 2 aromatic carbocycles. The summed E-state index contributed by atoms with van der Waals surface area (Å²) >= 11 is 11.6. The van der Waals surface area contributed by atoms with E-state index < -0.39 is 11.8 Å². The third-order valence-electron chi connectivity index (χ3n) is 3.44. The summed E-state index contributed by atoms with van der Waals surface area (Å²) in [5.41, 5.74) is 2.52. The Kier molecular flexibility index (Phi) is 5.54. The van der Waals surface area contributed by atoms with Crippen LogP contribution in [0.5, 0.6) is 0 Å². The maximum Gasteiger partial charge on any atom is 0.329 e. The van der Waals surface area contributed by atoms with Gasteiger partial charge >= 0.3 is 11.8 Å². The van der Waals surface area contributed by atoms with Crippen LogP contribution in [0.15, 0.2) is 63.0 Å². The highest BCUT2D eigenvalue weighted by atomic mass is 35.5. The van der Waals surface area contributed by atoms with Gasteiger partial charge in [0.15, 0.2) is 0 Å². The number of rotatable bonds is 3. The summed E-state index contributed by atoms with van der Waals surface area (Å²) in [7, 11) is 0. The van der Waals surface area contributed by atoms with Crippen LogP contribution in [0.2, 0.25) is 10.0 Å². The number of carbonyl (C=O) groups is 2. The van der Waals surface area contributed by atoms with Crippen molar-refractivity contribution in [1.29, 1.82) is 0 Å². The molecule has 0 atom stereocenters. The molecule has 7 nitrogen and oxygen atoms in total. The fourth-order valence-electron chi connectivity index (χ4n) is 2.14. The number of fused-ring (bicyclic) bond motifs is 1. The molecule has 1 heterocycles. The Hall–Kier alpha value is -3.16. The minimum atomic E-state index is -1.01. The monoisotopic (exact) mass is 403 g/mol. The molecule has 0 bridgehead atoms. The molecular formula is C18H11Cl2N3O4. The Balaban J connectivity index is 1.68. The second-order valence-electron chi connectivity index (χ2n) is 5.32. The lowest BCUT2D eigenvalue weighted by atomic mass is 10.2. The van der Waals surface area contributed by atoms with Gasteiger partial charge in [-0.15, -0.1) is 0 Å². The van der Waals surface area contributed by atoms with Crippen LogP contribution in [0.1, 0.15) is 5.56 Å². The van der Waals surface area contributed by atoms with Crippen LogP contribution < -0.4 is 16.2 Å². The van der Waals surface area contributed by atoms with Gasteiger partial charge < -0.3 is 9.73 Å². The van der Waals surface area contributed by atoms with Crippen molar-refractivity contribution in [3.8, 4) is 0 Å². The van der Waals surface area contributed by atoms with Gasteiger partial charge in [-0.1, -0.05) is 23.2 Å². The molecule has 2 amide bonds. The lowest BCUT2D eigenvalue weighted by Crippen LogP contribution is -2.32. The SMILES string of the molecule is O=C(N/N=C/c1coc2ccc(Cl)cc2c1=O)C(=O)Nc1ccc(Cl)cc1. The van der Waals surface area contributed by atoms with E-state index in [0.717, 1.165) is 6.21 Å². The zero-order chi connectivity index (χ0) is 19.4. The fraction of sp³-hybridized carbons (Fsp3) is 0. The van der Waals surface area contributed by atoms with E-state index in [0.29, 0.717) is 21.3 Å². The lowest BCUT2D eigenvalue weighted by molar-refractivity contribution is -0.136. The number of nitrogens with zero attached hydrogens (tertiary/aromatic N) is 1. The molecule has 3 aromatic rings. The number of carbonyl (C=O) groups excluding carboxylic acids is 2. The van der Waals surface area contributed by atoms with Crippen LogP contribution in [0.3, 0.4) is 0 Å². The standard InChI is InChI=1S/C18H11Cl2N3O4/c19-11-1-4-13(5-2-11)22-17(25)18(26)23-21-8-10-9-27-15-6-3-12(20)7-14(15)16(10)24/h1-9H,(H,22,25)(H,23,26)/b21-8+. The normalized spacial score (nSPS) is 10.9. The summed E-state index contributed by atoms with van der Waals surface area (Å²) in [4.78, 5) is 35.9. The molecule has 3 rings (SSSR count). The number of anilines is 1. The van der Waals surface area contributed by atoms with Crippen molar-refractivity contribution in [3.05, 3.63) is 74.6 Å². The first-order valence-corrected chi connectivity index (χ1v) is 8.30. The van der Waals surface area contributed by atoms with Crippen LogP contribution >= 0.6 is 23.2 Å². The molecule has 9 heteroatoms. The van der Waals surface area contributed by atoms with Gasteiger partial charge in [-0.25, -0.2) is 5.43 Å². The van der Waals surface area contributed by atoms with E-state index in [-0.39, 0.29) is 16.4 Å². The number of hydrazone groups is 1. The number of nitrogens with one attached hydrogen (secondary N) is 2. The predicted octanol–water partition coefficient (Wildman–Crippen LogP) is 3.19. The second-order valence-corrected chi connectivity index (χ2v) is 6.19. The third-order valence-corrected chi connectivity index (χ3v) is 3.93. The summed E-state index contributed by atoms with van der Waals surface area (Å²) < 4.78 is 5.32. The summed E-state index contributed by atoms with van der Waals surface area (Å²) in [6, 6.07) is 10.9. The molecule has 0 aliphatic carbocycles. The first kappa shape index (κ1) is 18.6. The molecule has 0 aliphatic heterocycles. The highest BCUT2D eigenvalue weighted by molar-refractivity contribution is 6.39. The fourth-order valence-corrected chi connectivity index (χ4v) is 2.44. The van der Waals surface area contributed by atoms with Crippen LogP contribution in [-0.2, 0) is 9.59 Å². The highest BCUT2D eigenvalue weighted by Crippen LogP contribution is 2.16. The molecule has 0 aliphatic rings. The Morgan fingerprint density at radius 3 is 2.44 bits per heavy atom. The number of hydrogen-bond donors (Lipinski definition) is 2. The minimum absolute atomic E-state index is 0.0863. The van der Waals surface area contributed by atoms with Crippen molar-refractivity contribution in [2.24, 2.45) is 5.10 Å². The maximum absolute atomic E-state index is 12.3. The number of hydrogen-bond acceptors (Lipinski definition) is 5. The summed E-state index contributed by atoms with van der Waals surface area (Å²) in [6.07, 6.45) is 2.28. The number of benzene rings is 2. The molecule has 27 heavy (non-hydrogen) atoms. The topological polar surface area (TPSA) is 101 Å². The number of halogens is 2. The smallest absolute Gasteiger partial charge is 0.329 e. The average Bonchev–Trinajstić information content (AvgIpc) is 2.65. The quantitative estimate of drug-likeness (QED) is 0.398. The van der Waals surface area contributed by atoms with Crippen molar-refractivity contribution in [2.45, 2.75) is 0 Å². The Bertz CT molecular complexity index is 1110. The van der Waals surface area contributed by atoms with Gasteiger partial charge in [-0.2, -0.15) is 5.10 Å². The van der Waals surface area contributed by atoms with Crippen molar-refractivity contribution >= 4 is 57.9 Å². The molecule has 136 valence electrons. The van der Waals surface area contributed by atoms with Crippen molar-refractivity contribution in [1.82, 2.24) is 5.43 Å². The minimum Gasteiger partial charge on any atom is -0.463 e. The van der Waals surface area contributed by atoms with E-state index in [1.54, 1.807) is 36.4 Å². The van der Waals surface area contributed by atoms with E-state index in [2.05, 4.69) is 10.4 Å². The van der Waals surface area contributed by atoms with E-state index in [4.69, 9.17) is 27.6 Å². The Morgan fingerprint density at radius 1 is 1.00 bits per heavy atom. The van der Waals surface area contributed by atoms with Gasteiger partial charge in [0, 0.05) is 15.7 Å². The van der Waals surface area contributed by atoms with Gasteiger partial charge in [-0.05, 0) is 42.5 Å². The van der Waals surface area contributed by atoms with E-state index >= 15 is 0 Å². The summed E-state index contributed by atoms with van der Waals surface area (Å²) in [5.74, 6) is -1.93. The predicted molar refractivity (Wildman–Crippen MR) is 103 cm³/mol. The van der Waals surface area contributed by atoms with Crippen LogP contribution in [0, 0.1) is 0 Å². The molecule has 0 saturated carbocycles. The van der Waals surface area contributed by atoms with Crippen molar-refractivity contribution < 1.29 is 14.0 Å². The van der Waals surface area contributed by atoms with E-state index in [1.165, 1.54) is 12.3 Å². The Morgan fingerprint density at radius 2 is 1.70 bits per heavy atom. The highest BCUT2D eigenvalue weighted by Gasteiger charge is 2.13. The zero-order valence-corrected chi connectivity index (χ0v) is 15.0. The third kappa shape index (κ3) is 4.52. The van der Waals surface area contributed by atoms with Gasteiger partial charge in [0.1, 0.15) is 11.8 Å². The zero-order valence-electron chi connectivity index (χ0n) is 13.5. The van der Waals surface area contributed by atoms with Crippen LogP contribution in [0.4, 0.5) is 5.69 Å². The summed E-state index contributed by atoms with van der Waals surface area (Å²) in [5, 5.41) is 7.15. The molecule has 0 saturated heterocycles. The van der Waals surface area contributed by atoms with Gasteiger partial charge in [-0.3, -0.25) is 14.4 Å². The second kappa shape index (κ2) is 8.03. The first-order chi connectivity index (χ1) is 12.9. The van der Waals surface area contributed by atoms with Gasteiger partial charge in [0.05, 0.1) is 17.2 Å². The average molecular weight is 404 g/mol. The maximum atomic E-state index is 12.3. The number of amides is 2.